The van der Waals surface area contributed by atoms with Crippen molar-refractivity contribution in [1.82, 2.24) is 24.3 Å². The van der Waals surface area contributed by atoms with Gasteiger partial charge >= 0.3 is 0 Å². The number of carbonyl (C=O) groups excluding carboxylic acids is 1. The second kappa shape index (κ2) is 6.03. The highest BCUT2D eigenvalue weighted by Crippen LogP contribution is 2.31. The highest BCUT2D eigenvalue weighted by atomic mass is 16.2. The monoisotopic (exact) mass is 321 g/mol. The summed E-state index contributed by atoms with van der Waals surface area (Å²) in [6, 6.07) is 7.39. The highest BCUT2D eigenvalue weighted by molar-refractivity contribution is 5.92. The summed E-state index contributed by atoms with van der Waals surface area (Å²) < 4.78 is 1.99. The SMILES string of the molecule is Cc1cc2cncn2c([C@@H]2CCCCN2C(=O)c2ccccn2)n1. The molecule has 3 aromatic heterocycles. The summed E-state index contributed by atoms with van der Waals surface area (Å²) in [5, 5.41) is 0. The van der Waals surface area contributed by atoms with Gasteiger partial charge in [0.05, 0.1) is 17.8 Å². The van der Waals surface area contributed by atoms with E-state index in [4.69, 9.17) is 4.98 Å². The summed E-state index contributed by atoms with van der Waals surface area (Å²) in [7, 11) is 0. The van der Waals surface area contributed by atoms with Gasteiger partial charge in [-0.15, -0.1) is 0 Å². The standard InChI is InChI=1S/C18H19N5O/c1-13-10-14-11-19-12-23(14)17(21-13)16-7-3-5-9-22(16)18(24)15-6-2-4-8-20-15/h2,4,6,8,10-12,16H,3,5,7,9H2,1H3/t16-/m0/s1. The first-order valence-electron chi connectivity index (χ1n) is 8.25. The average Bonchev–Trinajstić information content (AvgIpc) is 3.09. The molecular formula is C18H19N5O. The molecule has 0 bridgehead atoms. The van der Waals surface area contributed by atoms with E-state index in [-0.39, 0.29) is 11.9 Å². The van der Waals surface area contributed by atoms with Crippen LogP contribution in [0.3, 0.4) is 0 Å². The Balaban J connectivity index is 1.77. The second-order valence-corrected chi connectivity index (χ2v) is 6.17. The normalized spacial score (nSPS) is 18.0. The fraction of sp³-hybridized carbons (Fsp3) is 0.333. The van der Waals surface area contributed by atoms with Crippen molar-refractivity contribution in [2.45, 2.75) is 32.2 Å². The van der Waals surface area contributed by atoms with E-state index in [1.807, 2.05) is 40.6 Å². The van der Waals surface area contributed by atoms with Crippen LogP contribution in [0.4, 0.5) is 0 Å². The lowest BCUT2D eigenvalue weighted by molar-refractivity contribution is 0.0592. The van der Waals surface area contributed by atoms with Crippen molar-refractivity contribution >= 4 is 11.4 Å². The molecule has 4 heterocycles. The third-order valence-electron chi connectivity index (χ3n) is 4.51. The minimum Gasteiger partial charge on any atom is -0.327 e. The van der Waals surface area contributed by atoms with E-state index >= 15 is 0 Å². The molecule has 0 aliphatic carbocycles. The van der Waals surface area contributed by atoms with E-state index in [9.17, 15) is 4.79 Å². The molecule has 6 heteroatoms. The van der Waals surface area contributed by atoms with Crippen molar-refractivity contribution in [3.63, 3.8) is 0 Å². The molecule has 1 aliphatic heterocycles. The van der Waals surface area contributed by atoms with E-state index < -0.39 is 0 Å². The summed E-state index contributed by atoms with van der Waals surface area (Å²) in [5.74, 6) is 0.850. The molecule has 122 valence electrons. The predicted molar refractivity (Wildman–Crippen MR) is 89.6 cm³/mol. The number of likely N-dealkylation sites (tertiary alicyclic amines) is 1. The Morgan fingerprint density at radius 3 is 3.04 bits per heavy atom. The molecule has 0 spiro atoms. The summed E-state index contributed by atoms with van der Waals surface area (Å²) in [4.78, 5) is 28.0. The fourth-order valence-electron chi connectivity index (χ4n) is 3.40. The Morgan fingerprint density at radius 2 is 2.21 bits per heavy atom. The van der Waals surface area contributed by atoms with Crippen molar-refractivity contribution in [1.29, 1.82) is 0 Å². The number of rotatable bonds is 2. The average molecular weight is 321 g/mol. The summed E-state index contributed by atoms with van der Waals surface area (Å²) >= 11 is 0. The Labute approximate surface area is 140 Å². The minimum absolute atomic E-state index is 0.0307. The van der Waals surface area contributed by atoms with Crippen LogP contribution in [-0.4, -0.2) is 36.7 Å². The van der Waals surface area contributed by atoms with Crippen LogP contribution in [0.5, 0.6) is 0 Å². The molecule has 1 saturated heterocycles. The van der Waals surface area contributed by atoms with Crippen LogP contribution in [-0.2, 0) is 0 Å². The highest BCUT2D eigenvalue weighted by Gasteiger charge is 2.31. The van der Waals surface area contributed by atoms with Gasteiger partial charge in [0, 0.05) is 18.4 Å². The van der Waals surface area contributed by atoms with Gasteiger partial charge in [0.25, 0.3) is 5.91 Å². The van der Waals surface area contributed by atoms with Crippen LogP contribution in [0.1, 0.15) is 47.3 Å². The maximum atomic E-state index is 13.0. The summed E-state index contributed by atoms with van der Waals surface area (Å²) in [6.45, 7) is 2.70. The van der Waals surface area contributed by atoms with E-state index in [2.05, 4.69) is 9.97 Å². The van der Waals surface area contributed by atoms with Crippen LogP contribution in [0, 0.1) is 6.92 Å². The van der Waals surface area contributed by atoms with Crippen molar-refractivity contribution in [2.75, 3.05) is 6.54 Å². The number of aromatic nitrogens is 4. The minimum atomic E-state index is -0.0511. The number of amides is 1. The van der Waals surface area contributed by atoms with Gasteiger partial charge in [-0.1, -0.05) is 6.07 Å². The lowest BCUT2D eigenvalue weighted by atomic mass is 10.0. The number of aryl methyl sites for hydroxylation is 1. The molecule has 0 radical (unpaired) electrons. The van der Waals surface area contributed by atoms with Crippen molar-refractivity contribution in [3.05, 3.63) is 60.2 Å². The van der Waals surface area contributed by atoms with E-state index in [0.717, 1.165) is 42.8 Å². The van der Waals surface area contributed by atoms with Gasteiger partial charge in [-0.2, -0.15) is 0 Å². The molecule has 3 aromatic rings. The molecular weight excluding hydrogens is 302 g/mol. The number of hydrogen-bond acceptors (Lipinski definition) is 4. The van der Waals surface area contributed by atoms with Gasteiger partial charge in [0.1, 0.15) is 17.8 Å². The zero-order valence-corrected chi connectivity index (χ0v) is 13.6. The summed E-state index contributed by atoms with van der Waals surface area (Å²) in [5.41, 5.74) is 2.43. The third kappa shape index (κ3) is 2.54. The zero-order chi connectivity index (χ0) is 16.5. The summed E-state index contributed by atoms with van der Waals surface area (Å²) in [6.07, 6.45) is 8.25. The Kier molecular flexibility index (Phi) is 3.72. The van der Waals surface area contributed by atoms with Gasteiger partial charge in [-0.05, 0) is 44.4 Å². The molecule has 1 atom stereocenters. The molecule has 0 aromatic carbocycles. The Morgan fingerprint density at radius 1 is 1.29 bits per heavy atom. The Hall–Kier alpha value is -2.76. The zero-order valence-electron chi connectivity index (χ0n) is 13.6. The number of piperidine rings is 1. The number of carbonyl (C=O) groups is 1. The predicted octanol–water partition coefficient (Wildman–Crippen LogP) is 2.80. The Bertz CT molecular complexity index is 874. The third-order valence-corrected chi connectivity index (χ3v) is 4.51. The molecule has 1 fully saturated rings. The molecule has 0 N–H and O–H groups in total. The molecule has 4 rings (SSSR count). The number of pyridine rings is 1. The molecule has 6 nitrogen and oxygen atoms in total. The first-order chi connectivity index (χ1) is 11.7. The fourth-order valence-corrected chi connectivity index (χ4v) is 3.40. The lowest BCUT2D eigenvalue weighted by Crippen LogP contribution is -2.40. The second-order valence-electron chi connectivity index (χ2n) is 6.17. The molecule has 1 aliphatic rings. The van der Waals surface area contributed by atoms with Crippen molar-refractivity contribution in [3.8, 4) is 0 Å². The largest absolute Gasteiger partial charge is 0.327 e. The smallest absolute Gasteiger partial charge is 0.273 e. The van der Waals surface area contributed by atoms with E-state index in [1.165, 1.54) is 0 Å². The van der Waals surface area contributed by atoms with Crippen LogP contribution >= 0.6 is 0 Å². The van der Waals surface area contributed by atoms with Gasteiger partial charge in [-0.3, -0.25) is 14.2 Å². The van der Waals surface area contributed by atoms with E-state index in [1.54, 1.807) is 18.6 Å². The van der Waals surface area contributed by atoms with Crippen LogP contribution < -0.4 is 0 Å². The lowest BCUT2D eigenvalue weighted by Gasteiger charge is -2.35. The van der Waals surface area contributed by atoms with Crippen LogP contribution in [0.25, 0.3) is 5.52 Å². The van der Waals surface area contributed by atoms with E-state index in [0.29, 0.717) is 5.69 Å². The molecule has 24 heavy (non-hydrogen) atoms. The molecule has 1 amide bonds. The van der Waals surface area contributed by atoms with Crippen molar-refractivity contribution in [2.24, 2.45) is 0 Å². The first kappa shape index (κ1) is 14.8. The van der Waals surface area contributed by atoms with Gasteiger partial charge < -0.3 is 4.90 Å². The first-order valence-corrected chi connectivity index (χ1v) is 8.25. The maximum Gasteiger partial charge on any atom is 0.273 e. The number of imidazole rings is 1. The number of fused-ring (bicyclic) bond motifs is 1. The van der Waals surface area contributed by atoms with Gasteiger partial charge in [0.15, 0.2) is 0 Å². The van der Waals surface area contributed by atoms with Gasteiger partial charge in [-0.25, -0.2) is 9.97 Å². The molecule has 0 unspecified atom stereocenters. The molecule has 0 saturated carbocycles. The number of nitrogens with zero attached hydrogens (tertiary/aromatic N) is 5. The quantitative estimate of drug-likeness (QED) is 0.728. The maximum absolute atomic E-state index is 13.0. The van der Waals surface area contributed by atoms with Crippen LogP contribution in [0.2, 0.25) is 0 Å². The topological polar surface area (TPSA) is 63.4 Å². The van der Waals surface area contributed by atoms with Crippen LogP contribution in [0.15, 0.2) is 43.0 Å². The van der Waals surface area contributed by atoms with Crippen molar-refractivity contribution < 1.29 is 4.79 Å². The van der Waals surface area contributed by atoms with Gasteiger partial charge in [0.2, 0.25) is 0 Å². The number of hydrogen-bond donors (Lipinski definition) is 0.